The SMILES string of the molecule is CCCOCC(=O)Nc1ccncc1F. The Hall–Kier alpha value is -1.49. The van der Waals surface area contributed by atoms with Crippen LogP contribution in [0.3, 0.4) is 0 Å². The van der Waals surface area contributed by atoms with Crippen molar-refractivity contribution in [3.05, 3.63) is 24.3 Å². The zero-order chi connectivity index (χ0) is 11.1. The minimum atomic E-state index is -0.554. The number of ether oxygens (including phenoxy) is 1. The van der Waals surface area contributed by atoms with Gasteiger partial charge in [0, 0.05) is 12.8 Å². The Labute approximate surface area is 87.5 Å². The van der Waals surface area contributed by atoms with Crippen LogP contribution in [0.25, 0.3) is 0 Å². The van der Waals surface area contributed by atoms with E-state index in [9.17, 15) is 9.18 Å². The number of amides is 1. The molecule has 0 aliphatic rings. The van der Waals surface area contributed by atoms with Gasteiger partial charge in [0.2, 0.25) is 5.91 Å². The summed E-state index contributed by atoms with van der Waals surface area (Å²) >= 11 is 0. The fourth-order valence-electron chi connectivity index (χ4n) is 0.972. The van der Waals surface area contributed by atoms with Gasteiger partial charge in [-0.15, -0.1) is 0 Å². The highest BCUT2D eigenvalue weighted by atomic mass is 19.1. The van der Waals surface area contributed by atoms with Crippen molar-refractivity contribution >= 4 is 11.6 Å². The zero-order valence-corrected chi connectivity index (χ0v) is 8.50. The maximum absolute atomic E-state index is 13.0. The normalized spacial score (nSPS) is 10.0. The highest BCUT2D eigenvalue weighted by Crippen LogP contribution is 2.10. The molecule has 0 atom stereocenters. The molecule has 0 saturated carbocycles. The van der Waals surface area contributed by atoms with E-state index < -0.39 is 5.82 Å². The van der Waals surface area contributed by atoms with Gasteiger partial charge >= 0.3 is 0 Å². The van der Waals surface area contributed by atoms with Crippen molar-refractivity contribution in [1.29, 1.82) is 0 Å². The van der Waals surface area contributed by atoms with Gasteiger partial charge in [-0.25, -0.2) is 4.39 Å². The van der Waals surface area contributed by atoms with Crippen molar-refractivity contribution in [1.82, 2.24) is 4.98 Å². The van der Waals surface area contributed by atoms with E-state index in [2.05, 4.69) is 10.3 Å². The number of rotatable bonds is 5. The first-order valence-corrected chi connectivity index (χ1v) is 4.71. The molecule has 5 heteroatoms. The van der Waals surface area contributed by atoms with Gasteiger partial charge < -0.3 is 10.1 Å². The van der Waals surface area contributed by atoms with Gasteiger partial charge in [-0.1, -0.05) is 6.92 Å². The molecule has 0 aliphatic carbocycles. The van der Waals surface area contributed by atoms with Crippen LogP contribution in [0.1, 0.15) is 13.3 Å². The van der Waals surface area contributed by atoms with Crippen LogP contribution in [-0.4, -0.2) is 24.1 Å². The van der Waals surface area contributed by atoms with E-state index in [0.717, 1.165) is 12.6 Å². The lowest BCUT2D eigenvalue weighted by Crippen LogP contribution is -2.19. The predicted molar refractivity (Wildman–Crippen MR) is 53.9 cm³/mol. The molecular formula is C10H13FN2O2. The summed E-state index contributed by atoms with van der Waals surface area (Å²) in [6.45, 7) is 2.41. The van der Waals surface area contributed by atoms with Crippen LogP contribution in [0.5, 0.6) is 0 Å². The van der Waals surface area contributed by atoms with Crippen molar-refractivity contribution < 1.29 is 13.9 Å². The standard InChI is InChI=1S/C10H13FN2O2/c1-2-5-15-7-10(14)13-9-3-4-12-6-8(9)11/h3-4,6H,2,5,7H2,1H3,(H,12,13,14). The number of nitrogens with zero attached hydrogens (tertiary/aromatic N) is 1. The summed E-state index contributed by atoms with van der Waals surface area (Å²) in [5, 5.41) is 2.39. The number of aromatic nitrogens is 1. The second-order valence-electron chi connectivity index (χ2n) is 2.96. The number of nitrogens with one attached hydrogen (secondary N) is 1. The molecule has 0 radical (unpaired) electrons. The number of carbonyl (C=O) groups excluding carboxylic acids is 1. The summed E-state index contributed by atoms with van der Waals surface area (Å²) < 4.78 is 18.0. The molecule has 82 valence electrons. The molecule has 0 saturated heterocycles. The number of halogens is 1. The average molecular weight is 212 g/mol. The minimum absolute atomic E-state index is 0.0599. The van der Waals surface area contributed by atoms with Gasteiger partial charge in [-0.05, 0) is 12.5 Å². The third-order valence-electron chi connectivity index (χ3n) is 1.63. The van der Waals surface area contributed by atoms with E-state index in [1.54, 1.807) is 0 Å². The molecule has 4 nitrogen and oxygen atoms in total. The van der Waals surface area contributed by atoms with E-state index in [-0.39, 0.29) is 18.2 Å². The van der Waals surface area contributed by atoms with Gasteiger partial charge in [-0.3, -0.25) is 9.78 Å². The Bertz CT molecular complexity index is 331. The quantitative estimate of drug-likeness (QED) is 0.754. The molecule has 0 aromatic carbocycles. The van der Waals surface area contributed by atoms with Gasteiger partial charge in [0.15, 0.2) is 5.82 Å². The maximum atomic E-state index is 13.0. The predicted octanol–water partition coefficient (Wildman–Crippen LogP) is 1.59. The minimum Gasteiger partial charge on any atom is -0.372 e. The molecule has 1 aromatic heterocycles. The third kappa shape index (κ3) is 4.03. The first-order chi connectivity index (χ1) is 7.24. The molecule has 0 spiro atoms. The van der Waals surface area contributed by atoms with Crippen molar-refractivity contribution in [3.63, 3.8) is 0 Å². The van der Waals surface area contributed by atoms with E-state index in [4.69, 9.17) is 4.74 Å². The Balaban J connectivity index is 2.41. The second-order valence-corrected chi connectivity index (χ2v) is 2.96. The van der Waals surface area contributed by atoms with Gasteiger partial charge in [0.1, 0.15) is 6.61 Å². The number of anilines is 1. The first kappa shape index (κ1) is 11.6. The van der Waals surface area contributed by atoms with Crippen LogP contribution < -0.4 is 5.32 Å². The van der Waals surface area contributed by atoms with Crippen LogP contribution in [0.2, 0.25) is 0 Å². The summed E-state index contributed by atoms with van der Waals surface area (Å²) in [7, 11) is 0. The summed E-state index contributed by atoms with van der Waals surface area (Å²) in [5.41, 5.74) is 0.120. The third-order valence-corrected chi connectivity index (χ3v) is 1.63. The van der Waals surface area contributed by atoms with Crippen molar-refractivity contribution in [2.45, 2.75) is 13.3 Å². The highest BCUT2D eigenvalue weighted by molar-refractivity contribution is 5.91. The van der Waals surface area contributed by atoms with E-state index in [0.29, 0.717) is 6.61 Å². The molecule has 1 aromatic rings. The molecule has 1 rings (SSSR count). The lowest BCUT2D eigenvalue weighted by molar-refractivity contribution is -0.120. The number of hydrogen-bond acceptors (Lipinski definition) is 3. The highest BCUT2D eigenvalue weighted by Gasteiger charge is 2.05. The van der Waals surface area contributed by atoms with Gasteiger partial charge in [0.25, 0.3) is 0 Å². The Morgan fingerprint density at radius 1 is 1.67 bits per heavy atom. The van der Waals surface area contributed by atoms with Crippen molar-refractivity contribution in [2.75, 3.05) is 18.5 Å². The lowest BCUT2D eigenvalue weighted by atomic mass is 10.4. The van der Waals surface area contributed by atoms with E-state index >= 15 is 0 Å². The summed E-state index contributed by atoms with van der Waals surface area (Å²) in [5.74, 6) is -0.921. The summed E-state index contributed by atoms with van der Waals surface area (Å²) in [6.07, 6.45) is 3.30. The summed E-state index contributed by atoms with van der Waals surface area (Å²) in [4.78, 5) is 14.8. The van der Waals surface area contributed by atoms with E-state index in [1.165, 1.54) is 12.3 Å². The largest absolute Gasteiger partial charge is 0.372 e. The zero-order valence-electron chi connectivity index (χ0n) is 8.50. The summed E-state index contributed by atoms with van der Waals surface area (Å²) in [6, 6.07) is 1.40. The molecule has 1 heterocycles. The Kier molecular flexibility index (Phi) is 4.70. The lowest BCUT2D eigenvalue weighted by Gasteiger charge is -2.05. The van der Waals surface area contributed by atoms with Crippen LogP contribution in [0.15, 0.2) is 18.5 Å². The fraction of sp³-hybridized carbons (Fsp3) is 0.400. The fourth-order valence-corrected chi connectivity index (χ4v) is 0.972. The number of hydrogen-bond donors (Lipinski definition) is 1. The number of pyridine rings is 1. The van der Waals surface area contributed by atoms with Crippen LogP contribution in [-0.2, 0) is 9.53 Å². The van der Waals surface area contributed by atoms with Crippen LogP contribution in [0, 0.1) is 5.82 Å². The Morgan fingerprint density at radius 2 is 2.47 bits per heavy atom. The first-order valence-electron chi connectivity index (χ1n) is 4.71. The van der Waals surface area contributed by atoms with Crippen molar-refractivity contribution in [2.24, 2.45) is 0 Å². The second kappa shape index (κ2) is 6.08. The molecule has 0 fully saturated rings. The van der Waals surface area contributed by atoms with Crippen LogP contribution >= 0.6 is 0 Å². The van der Waals surface area contributed by atoms with Crippen LogP contribution in [0.4, 0.5) is 10.1 Å². The number of carbonyl (C=O) groups is 1. The average Bonchev–Trinajstić information content (AvgIpc) is 2.22. The molecule has 0 bridgehead atoms. The molecule has 0 aliphatic heterocycles. The van der Waals surface area contributed by atoms with Gasteiger partial charge in [0.05, 0.1) is 11.9 Å². The molecule has 1 amide bonds. The molecular weight excluding hydrogens is 199 g/mol. The topological polar surface area (TPSA) is 51.2 Å². The maximum Gasteiger partial charge on any atom is 0.250 e. The Morgan fingerprint density at radius 3 is 3.13 bits per heavy atom. The van der Waals surface area contributed by atoms with Crippen molar-refractivity contribution in [3.8, 4) is 0 Å². The molecule has 15 heavy (non-hydrogen) atoms. The monoisotopic (exact) mass is 212 g/mol. The van der Waals surface area contributed by atoms with E-state index in [1.807, 2.05) is 6.92 Å². The smallest absolute Gasteiger partial charge is 0.250 e. The van der Waals surface area contributed by atoms with Gasteiger partial charge in [-0.2, -0.15) is 0 Å². The molecule has 0 unspecified atom stereocenters. The molecule has 1 N–H and O–H groups in total.